The number of amides is 1. The summed E-state index contributed by atoms with van der Waals surface area (Å²) in [6.45, 7) is 7.06. The summed E-state index contributed by atoms with van der Waals surface area (Å²) < 4.78 is 0. The number of nitrogens with zero attached hydrogens (tertiary/aromatic N) is 2. The zero-order valence-corrected chi connectivity index (χ0v) is 12.5. The topological polar surface area (TPSA) is 71.2 Å². The van der Waals surface area contributed by atoms with Crippen LogP contribution in [0.5, 0.6) is 0 Å². The largest absolute Gasteiger partial charge is 0.336 e. The van der Waals surface area contributed by atoms with E-state index >= 15 is 0 Å². The number of nitrogens with two attached hydrogens (primary N) is 1. The quantitative estimate of drug-likeness (QED) is 0.657. The van der Waals surface area contributed by atoms with Crippen LogP contribution in [0, 0.1) is 0 Å². The summed E-state index contributed by atoms with van der Waals surface area (Å²) in [4.78, 5) is 19.0. The van der Waals surface area contributed by atoms with E-state index in [1.165, 1.54) is 6.42 Å². The summed E-state index contributed by atoms with van der Waals surface area (Å²) in [6.07, 6.45) is 3.37. The van der Waals surface area contributed by atoms with Gasteiger partial charge in [-0.25, -0.2) is 10.8 Å². The molecule has 5 heteroatoms. The van der Waals surface area contributed by atoms with Gasteiger partial charge in [-0.15, -0.1) is 0 Å². The second kappa shape index (κ2) is 6.22. The molecule has 1 amide bonds. The summed E-state index contributed by atoms with van der Waals surface area (Å²) in [5, 5.41) is 0. The van der Waals surface area contributed by atoms with Crippen molar-refractivity contribution >= 4 is 11.7 Å². The number of hydrogen-bond acceptors (Lipinski definition) is 4. The third kappa shape index (κ3) is 3.10. The van der Waals surface area contributed by atoms with Crippen molar-refractivity contribution in [2.45, 2.75) is 52.0 Å². The highest BCUT2D eigenvalue weighted by molar-refractivity contribution is 5.95. The number of carbonyl (C=O) groups is 1. The minimum Gasteiger partial charge on any atom is -0.336 e. The van der Waals surface area contributed by atoms with Crippen LogP contribution in [0.4, 0.5) is 5.82 Å². The van der Waals surface area contributed by atoms with Crippen LogP contribution >= 0.6 is 0 Å². The molecule has 2 heterocycles. The molecule has 1 saturated heterocycles. The Labute approximate surface area is 120 Å². The maximum Gasteiger partial charge on any atom is 0.254 e. The zero-order chi connectivity index (χ0) is 14.7. The molecule has 1 atom stereocenters. The van der Waals surface area contributed by atoms with Gasteiger partial charge in [-0.2, -0.15) is 0 Å². The highest BCUT2D eigenvalue weighted by atomic mass is 16.2. The number of anilines is 1. The molecule has 110 valence electrons. The number of pyridine rings is 1. The highest BCUT2D eigenvalue weighted by Gasteiger charge is 2.25. The zero-order valence-electron chi connectivity index (χ0n) is 12.5. The lowest BCUT2D eigenvalue weighted by atomic mass is 10.0. The van der Waals surface area contributed by atoms with Gasteiger partial charge in [0.25, 0.3) is 5.91 Å². The molecule has 1 aliphatic heterocycles. The molecule has 1 aromatic heterocycles. The van der Waals surface area contributed by atoms with Gasteiger partial charge in [-0.3, -0.25) is 4.79 Å². The number of piperidine rings is 1. The minimum atomic E-state index is 0.0815. The number of likely N-dealkylation sites (tertiary alicyclic amines) is 1. The van der Waals surface area contributed by atoms with Crippen LogP contribution in [0.2, 0.25) is 0 Å². The van der Waals surface area contributed by atoms with Crippen LogP contribution in [-0.4, -0.2) is 28.4 Å². The molecule has 20 heavy (non-hydrogen) atoms. The second-order valence-electron chi connectivity index (χ2n) is 5.81. The van der Waals surface area contributed by atoms with Gasteiger partial charge in [0.15, 0.2) is 0 Å². The Kier molecular flexibility index (Phi) is 4.60. The Morgan fingerprint density at radius 3 is 2.80 bits per heavy atom. The van der Waals surface area contributed by atoms with Crippen molar-refractivity contribution < 1.29 is 4.79 Å². The molecule has 0 saturated carbocycles. The van der Waals surface area contributed by atoms with E-state index in [9.17, 15) is 4.79 Å². The van der Waals surface area contributed by atoms with E-state index in [1.54, 1.807) is 6.07 Å². The highest BCUT2D eigenvalue weighted by Crippen LogP contribution is 2.22. The molecule has 1 unspecified atom stereocenters. The Morgan fingerprint density at radius 1 is 1.45 bits per heavy atom. The van der Waals surface area contributed by atoms with E-state index in [0.717, 1.165) is 25.1 Å². The molecule has 1 aromatic rings. The molecular weight excluding hydrogens is 252 g/mol. The summed E-state index contributed by atoms with van der Waals surface area (Å²) in [5.41, 5.74) is 4.10. The van der Waals surface area contributed by atoms with Gasteiger partial charge >= 0.3 is 0 Å². The molecule has 0 aliphatic carbocycles. The van der Waals surface area contributed by atoms with Crippen molar-refractivity contribution in [1.82, 2.24) is 9.88 Å². The summed E-state index contributed by atoms with van der Waals surface area (Å²) in [5.74, 6) is 6.34. The van der Waals surface area contributed by atoms with E-state index in [2.05, 4.69) is 31.2 Å². The molecule has 2 rings (SSSR count). The molecule has 1 aliphatic rings. The summed E-state index contributed by atoms with van der Waals surface area (Å²) in [7, 11) is 0. The minimum absolute atomic E-state index is 0.0815. The fraction of sp³-hybridized carbons (Fsp3) is 0.600. The van der Waals surface area contributed by atoms with Crippen LogP contribution < -0.4 is 11.3 Å². The van der Waals surface area contributed by atoms with Crippen molar-refractivity contribution in [2.75, 3.05) is 12.0 Å². The van der Waals surface area contributed by atoms with Crippen LogP contribution in [0.15, 0.2) is 12.1 Å². The van der Waals surface area contributed by atoms with Crippen molar-refractivity contribution in [2.24, 2.45) is 5.84 Å². The van der Waals surface area contributed by atoms with E-state index in [-0.39, 0.29) is 11.8 Å². The monoisotopic (exact) mass is 276 g/mol. The second-order valence-corrected chi connectivity index (χ2v) is 5.81. The SMILES string of the molecule is CC(C)c1cc(C(=O)N2CCCCC2C)cc(NN)n1. The molecule has 0 spiro atoms. The first-order chi connectivity index (χ1) is 9.52. The lowest BCUT2D eigenvalue weighted by Gasteiger charge is -2.33. The number of hydrogen-bond donors (Lipinski definition) is 2. The van der Waals surface area contributed by atoms with Gasteiger partial charge in [0.1, 0.15) is 5.82 Å². The van der Waals surface area contributed by atoms with Crippen molar-refractivity contribution in [3.8, 4) is 0 Å². The number of nitrogens with one attached hydrogen (secondary N) is 1. The molecular formula is C15H24N4O. The number of rotatable bonds is 3. The maximum atomic E-state index is 12.7. The summed E-state index contributed by atoms with van der Waals surface area (Å²) in [6, 6.07) is 3.92. The van der Waals surface area contributed by atoms with E-state index in [4.69, 9.17) is 5.84 Å². The number of nitrogen functional groups attached to an aromatic ring is 1. The van der Waals surface area contributed by atoms with Gasteiger partial charge < -0.3 is 10.3 Å². The summed E-state index contributed by atoms with van der Waals surface area (Å²) >= 11 is 0. The third-order valence-electron chi connectivity index (χ3n) is 3.90. The number of hydrazine groups is 1. The van der Waals surface area contributed by atoms with Gasteiger partial charge in [-0.1, -0.05) is 13.8 Å². The fourth-order valence-electron chi connectivity index (χ4n) is 2.61. The predicted molar refractivity (Wildman–Crippen MR) is 80.5 cm³/mol. The lowest BCUT2D eigenvalue weighted by molar-refractivity contribution is 0.0635. The first-order valence-corrected chi connectivity index (χ1v) is 7.32. The first-order valence-electron chi connectivity index (χ1n) is 7.32. The first kappa shape index (κ1) is 14.8. The maximum absolute atomic E-state index is 12.7. The third-order valence-corrected chi connectivity index (χ3v) is 3.90. The van der Waals surface area contributed by atoms with Gasteiger partial charge in [-0.05, 0) is 44.2 Å². The van der Waals surface area contributed by atoms with E-state index < -0.39 is 0 Å². The van der Waals surface area contributed by atoms with E-state index in [0.29, 0.717) is 17.4 Å². The van der Waals surface area contributed by atoms with Crippen LogP contribution in [0.1, 0.15) is 62.0 Å². The standard InChI is InChI=1S/C15H24N4O/c1-10(2)13-8-12(9-14(17-13)18-16)15(20)19-7-5-4-6-11(19)3/h8-11H,4-7,16H2,1-3H3,(H,17,18). The predicted octanol–water partition coefficient (Wildman–Crippen LogP) is 2.51. The molecule has 0 bridgehead atoms. The number of carbonyl (C=O) groups excluding carboxylic acids is 1. The van der Waals surface area contributed by atoms with Crippen LogP contribution in [-0.2, 0) is 0 Å². The Bertz CT molecular complexity index is 487. The van der Waals surface area contributed by atoms with E-state index in [1.807, 2.05) is 11.0 Å². The Morgan fingerprint density at radius 2 is 2.20 bits per heavy atom. The molecule has 5 nitrogen and oxygen atoms in total. The molecule has 3 N–H and O–H groups in total. The van der Waals surface area contributed by atoms with Crippen molar-refractivity contribution in [1.29, 1.82) is 0 Å². The fourth-order valence-corrected chi connectivity index (χ4v) is 2.61. The lowest BCUT2D eigenvalue weighted by Crippen LogP contribution is -2.42. The van der Waals surface area contributed by atoms with Gasteiger partial charge in [0.2, 0.25) is 0 Å². The van der Waals surface area contributed by atoms with Gasteiger partial charge in [0.05, 0.1) is 0 Å². The normalized spacial score (nSPS) is 19.2. The smallest absolute Gasteiger partial charge is 0.254 e. The average Bonchev–Trinajstić information content (AvgIpc) is 2.46. The molecule has 0 aromatic carbocycles. The van der Waals surface area contributed by atoms with Gasteiger partial charge in [0, 0.05) is 23.8 Å². The Hall–Kier alpha value is -1.62. The molecule has 0 radical (unpaired) electrons. The molecule has 1 fully saturated rings. The number of aromatic nitrogens is 1. The van der Waals surface area contributed by atoms with Crippen LogP contribution in [0.25, 0.3) is 0 Å². The van der Waals surface area contributed by atoms with Crippen LogP contribution in [0.3, 0.4) is 0 Å². The van der Waals surface area contributed by atoms with Crippen molar-refractivity contribution in [3.05, 3.63) is 23.4 Å². The Balaban J connectivity index is 2.30. The van der Waals surface area contributed by atoms with Crippen molar-refractivity contribution in [3.63, 3.8) is 0 Å². The average molecular weight is 276 g/mol.